The fraction of sp³-hybridized carbons (Fsp3) is 0.976. The van der Waals surface area contributed by atoms with Gasteiger partial charge in [-0.3, -0.25) is 4.21 Å². The molecule has 0 spiro atoms. The van der Waals surface area contributed by atoms with Gasteiger partial charge >= 0.3 is 6.03 Å². The molecule has 0 radical (unpaired) electrons. The molecule has 5 heterocycles. The first-order valence-corrected chi connectivity index (χ1v) is 22.7. The van der Waals surface area contributed by atoms with Crippen molar-refractivity contribution in [3.63, 3.8) is 0 Å². The van der Waals surface area contributed by atoms with Gasteiger partial charge < -0.3 is 54.2 Å². The topological polar surface area (TPSA) is 122 Å². The van der Waals surface area contributed by atoms with Gasteiger partial charge in [-0.25, -0.2) is 9.10 Å². The third-order valence-electron chi connectivity index (χ3n) is 10.6. The summed E-state index contributed by atoms with van der Waals surface area (Å²) in [5.41, 5.74) is 5.08. The number of piperazine rings is 2. The number of nitrogens with two attached hydrogens (primary N) is 1. The van der Waals surface area contributed by atoms with Gasteiger partial charge in [0.25, 0.3) is 0 Å². The second-order valence-electron chi connectivity index (χ2n) is 16.6. The molecule has 1 atom stereocenters. The van der Waals surface area contributed by atoms with Crippen molar-refractivity contribution in [3.05, 3.63) is 0 Å². The lowest BCUT2D eigenvalue weighted by atomic mass is 10.00. The zero-order valence-corrected chi connectivity index (χ0v) is 39.8. The normalized spacial score (nSPS) is 21.5. The molecule has 0 aromatic carbocycles. The summed E-state index contributed by atoms with van der Waals surface area (Å²) in [6.07, 6.45) is 7.44. The Kier molecular flexibility index (Phi) is 37.8. The molecule has 5 saturated heterocycles. The average Bonchev–Trinajstić information content (AvgIpc) is 3.17. The minimum Gasteiger partial charge on any atom is -0.760 e. The number of ether oxygens (including phenoxy) is 1. The van der Waals surface area contributed by atoms with Crippen LogP contribution in [0.1, 0.15) is 73.1 Å². The first kappa shape index (κ1) is 57.1. The SMILES string of the molecule is CC1CCN(C)CC1.CC1CCN(S(=O)[O-])CC1.CCCCN(C)C.CCN(C)C.CCN1CCN(C)CC1.CN1CCN(C(N)=O)CC1.CN1CCOCC1. The molecule has 5 rings (SSSR count). The van der Waals surface area contributed by atoms with Gasteiger partial charge in [-0.05, 0) is 133 Å². The maximum absolute atomic E-state index is 10.6. The van der Waals surface area contributed by atoms with Crippen LogP contribution in [0.15, 0.2) is 0 Å². The number of piperidine rings is 2. The third-order valence-corrected chi connectivity index (χ3v) is 11.4. The molecule has 0 bridgehead atoms. The average molecular weight is 822 g/mol. The van der Waals surface area contributed by atoms with Gasteiger partial charge in [0.15, 0.2) is 0 Å². The van der Waals surface area contributed by atoms with Crippen molar-refractivity contribution in [1.82, 2.24) is 43.5 Å². The van der Waals surface area contributed by atoms with E-state index in [0.29, 0.717) is 19.0 Å². The molecule has 56 heavy (non-hydrogen) atoms. The van der Waals surface area contributed by atoms with E-state index >= 15 is 0 Å². The number of morpholine rings is 1. The minimum absolute atomic E-state index is 0.298. The van der Waals surface area contributed by atoms with Crippen LogP contribution in [0.25, 0.3) is 0 Å². The van der Waals surface area contributed by atoms with E-state index in [4.69, 9.17) is 10.5 Å². The molecule has 1 unspecified atom stereocenters. The molecule has 14 nitrogen and oxygen atoms in total. The summed E-state index contributed by atoms with van der Waals surface area (Å²) in [4.78, 5) is 28.3. The quantitative estimate of drug-likeness (QED) is 0.398. The van der Waals surface area contributed by atoms with Gasteiger partial charge in [0.2, 0.25) is 0 Å². The Morgan fingerprint density at radius 3 is 1.34 bits per heavy atom. The van der Waals surface area contributed by atoms with Gasteiger partial charge in [-0.1, -0.05) is 41.0 Å². The van der Waals surface area contributed by atoms with E-state index in [0.717, 1.165) is 77.8 Å². The highest BCUT2D eigenvalue weighted by Crippen LogP contribution is 2.16. The Morgan fingerprint density at radius 1 is 0.661 bits per heavy atom. The maximum atomic E-state index is 10.6. The van der Waals surface area contributed by atoms with Crippen LogP contribution >= 0.6 is 0 Å². The molecule has 15 heteroatoms. The standard InChI is InChI=1S/C7H16N2.C7H15N.C6H13N3O.C6H13NO2S.C6H15N.C5H11NO.C4H11N/c1-3-9-6-4-8(2)5-7-9;1-7-3-5-8(2)6-4-7;1-8-2-4-9(5-3-8)6(7)10;1-6-2-4-7(5-3-6)10(8)9;1-4-5-6-7(2)3;1-6-2-4-7-5-3-6;1-4-5(2)3/h3-7H2,1-2H3;7H,3-6H2,1-2H3;2-5H2,1H3,(H2,7,10);6H,2-5H2,1H3,(H,8,9);4-6H2,1-3H3;2-5H2,1H3;4H2,1-3H3/p-1. The number of amides is 2. The number of hydrogen-bond donors (Lipinski definition) is 1. The number of rotatable bonds is 6. The van der Waals surface area contributed by atoms with Crippen LogP contribution in [0.5, 0.6) is 0 Å². The summed E-state index contributed by atoms with van der Waals surface area (Å²) < 4.78 is 27.4. The Morgan fingerprint density at radius 2 is 1.05 bits per heavy atom. The predicted octanol–water partition coefficient (Wildman–Crippen LogP) is 3.29. The zero-order chi connectivity index (χ0) is 42.9. The van der Waals surface area contributed by atoms with Crippen LogP contribution in [0.4, 0.5) is 4.79 Å². The van der Waals surface area contributed by atoms with Gasteiger partial charge in [0, 0.05) is 89.8 Å². The molecule has 5 aliphatic rings. The van der Waals surface area contributed by atoms with Crippen molar-refractivity contribution >= 4 is 17.3 Å². The van der Waals surface area contributed by atoms with Gasteiger partial charge in [-0.15, -0.1) is 0 Å². The molecule has 0 aromatic heterocycles. The van der Waals surface area contributed by atoms with Crippen LogP contribution in [-0.2, 0) is 16.0 Å². The second-order valence-corrected chi connectivity index (χ2v) is 17.6. The van der Waals surface area contributed by atoms with E-state index in [1.807, 2.05) is 7.05 Å². The van der Waals surface area contributed by atoms with E-state index in [9.17, 15) is 13.6 Å². The highest BCUT2D eigenvalue weighted by atomic mass is 32.2. The van der Waals surface area contributed by atoms with Crippen LogP contribution in [-0.4, -0.2) is 239 Å². The summed E-state index contributed by atoms with van der Waals surface area (Å²) in [5.74, 6) is 1.67. The van der Waals surface area contributed by atoms with Crippen molar-refractivity contribution in [2.24, 2.45) is 17.6 Å². The number of primary amides is 1. The number of carbonyl (C=O) groups is 1. The lowest BCUT2D eigenvalue weighted by molar-refractivity contribution is 0.0503. The van der Waals surface area contributed by atoms with Crippen LogP contribution in [0.3, 0.4) is 0 Å². The zero-order valence-electron chi connectivity index (χ0n) is 39.0. The second kappa shape index (κ2) is 37.1. The molecule has 0 aliphatic carbocycles. The summed E-state index contributed by atoms with van der Waals surface area (Å²) in [6.45, 7) is 31.1. The third kappa shape index (κ3) is 36.1. The molecular weight excluding hydrogens is 729 g/mol. The van der Waals surface area contributed by atoms with Crippen LogP contribution in [0, 0.1) is 11.8 Å². The van der Waals surface area contributed by atoms with Crippen molar-refractivity contribution in [3.8, 4) is 0 Å². The molecule has 0 saturated carbocycles. The fourth-order valence-electron chi connectivity index (χ4n) is 5.59. The minimum atomic E-state index is -1.98. The lowest BCUT2D eigenvalue weighted by Gasteiger charge is -2.31. The Bertz CT molecular complexity index is 846. The molecule has 5 fully saturated rings. The Labute approximate surface area is 349 Å². The molecule has 0 aromatic rings. The first-order valence-electron chi connectivity index (χ1n) is 21.7. The number of urea groups is 1. The van der Waals surface area contributed by atoms with Crippen molar-refractivity contribution in [1.29, 1.82) is 0 Å². The number of likely N-dealkylation sites (tertiary alicyclic amines) is 1. The number of hydrogen-bond acceptors (Lipinski definition) is 11. The highest BCUT2D eigenvalue weighted by Gasteiger charge is 2.16. The maximum Gasteiger partial charge on any atom is 0.314 e. The van der Waals surface area contributed by atoms with E-state index in [1.54, 1.807) is 4.90 Å². The van der Waals surface area contributed by atoms with E-state index in [1.165, 1.54) is 82.3 Å². The molecular formula is C41H93N10O4S-. The first-order chi connectivity index (χ1) is 26.4. The van der Waals surface area contributed by atoms with Crippen molar-refractivity contribution in [2.75, 3.05) is 181 Å². The van der Waals surface area contributed by atoms with E-state index < -0.39 is 11.3 Å². The summed E-state index contributed by atoms with van der Waals surface area (Å²) >= 11 is -1.98. The molecule has 5 aliphatic heterocycles. The smallest absolute Gasteiger partial charge is 0.314 e. The van der Waals surface area contributed by atoms with Gasteiger partial charge in [0.05, 0.1) is 13.2 Å². The van der Waals surface area contributed by atoms with Crippen LogP contribution < -0.4 is 5.73 Å². The van der Waals surface area contributed by atoms with E-state index in [2.05, 4.69) is 118 Å². The van der Waals surface area contributed by atoms with Gasteiger partial charge in [-0.2, -0.15) is 0 Å². The van der Waals surface area contributed by atoms with Crippen molar-refractivity contribution < 1.29 is 18.3 Å². The highest BCUT2D eigenvalue weighted by molar-refractivity contribution is 7.76. The molecule has 2 N–H and O–H groups in total. The van der Waals surface area contributed by atoms with Crippen molar-refractivity contribution in [2.45, 2.75) is 73.1 Å². The summed E-state index contributed by atoms with van der Waals surface area (Å²) in [5, 5.41) is 0. The number of unbranched alkanes of at least 4 members (excludes halogenated alkanes) is 1. The Balaban J connectivity index is 0. The lowest BCUT2D eigenvalue weighted by Crippen LogP contribution is -2.49. The summed E-state index contributed by atoms with van der Waals surface area (Å²) in [7, 11) is 16.9. The Hall–Kier alpha value is -0.980. The number of carbonyl (C=O) groups excluding carboxylic acids is 1. The summed E-state index contributed by atoms with van der Waals surface area (Å²) in [6, 6.07) is -0.298. The van der Waals surface area contributed by atoms with E-state index in [-0.39, 0.29) is 6.03 Å². The molecule has 338 valence electrons. The van der Waals surface area contributed by atoms with Crippen LogP contribution in [0.2, 0.25) is 0 Å². The van der Waals surface area contributed by atoms with Gasteiger partial charge in [0.1, 0.15) is 0 Å². The fourth-order valence-corrected chi connectivity index (χ4v) is 6.10. The largest absolute Gasteiger partial charge is 0.760 e. The molecule has 2 amide bonds. The monoisotopic (exact) mass is 822 g/mol. The predicted molar refractivity (Wildman–Crippen MR) is 239 cm³/mol. The number of nitrogens with zero attached hydrogens (tertiary/aromatic N) is 9. The number of likely N-dealkylation sites (N-methyl/N-ethyl adjacent to an activating group) is 4.